The highest BCUT2D eigenvalue weighted by molar-refractivity contribution is 4.84. The summed E-state index contributed by atoms with van der Waals surface area (Å²) in [6.45, 7) is 9.92. The number of hydrogen-bond acceptors (Lipinski definition) is 2. The molecule has 14 heavy (non-hydrogen) atoms. The van der Waals surface area contributed by atoms with Crippen LogP contribution in [0.25, 0.3) is 0 Å². The van der Waals surface area contributed by atoms with Gasteiger partial charge in [-0.25, -0.2) is 0 Å². The number of likely N-dealkylation sites (tertiary alicyclic amines) is 1. The van der Waals surface area contributed by atoms with E-state index < -0.39 is 0 Å². The minimum Gasteiger partial charge on any atom is -0.316 e. The largest absolute Gasteiger partial charge is 0.316 e. The molecule has 2 fully saturated rings. The molecule has 0 saturated carbocycles. The molecule has 0 aromatic rings. The molecule has 2 nitrogen and oxygen atoms in total. The van der Waals surface area contributed by atoms with Gasteiger partial charge in [-0.3, -0.25) is 4.90 Å². The topological polar surface area (TPSA) is 15.3 Å². The second kappa shape index (κ2) is 4.63. The van der Waals surface area contributed by atoms with Crippen molar-refractivity contribution in [1.29, 1.82) is 0 Å². The molecule has 1 N–H and O–H groups in total. The molecule has 2 atom stereocenters. The zero-order chi connectivity index (χ0) is 9.97. The lowest BCUT2D eigenvalue weighted by atomic mass is 10.0. The summed E-state index contributed by atoms with van der Waals surface area (Å²) in [5.41, 5.74) is 0. The Bertz CT molecular complexity index is 173. The van der Waals surface area contributed by atoms with Crippen molar-refractivity contribution in [1.82, 2.24) is 10.2 Å². The van der Waals surface area contributed by atoms with Crippen molar-refractivity contribution in [2.75, 3.05) is 26.2 Å². The van der Waals surface area contributed by atoms with Gasteiger partial charge in [0.1, 0.15) is 0 Å². The van der Waals surface area contributed by atoms with Crippen LogP contribution in [0.4, 0.5) is 0 Å². The number of hydrogen-bond donors (Lipinski definition) is 1. The van der Waals surface area contributed by atoms with E-state index in [4.69, 9.17) is 0 Å². The van der Waals surface area contributed by atoms with E-state index in [1.165, 1.54) is 45.4 Å². The molecule has 2 saturated heterocycles. The van der Waals surface area contributed by atoms with Crippen molar-refractivity contribution in [2.24, 2.45) is 11.8 Å². The van der Waals surface area contributed by atoms with Crippen LogP contribution in [0.3, 0.4) is 0 Å². The van der Waals surface area contributed by atoms with Crippen molar-refractivity contribution >= 4 is 0 Å². The van der Waals surface area contributed by atoms with Gasteiger partial charge >= 0.3 is 0 Å². The van der Waals surface area contributed by atoms with Crippen LogP contribution in [-0.2, 0) is 0 Å². The van der Waals surface area contributed by atoms with Gasteiger partial charge in [-0.2, -0.15) is 0 Å². The minimum absolute atomic E-state index is 0.840. The quantitative estimate of drug-likeness (QED) is 0.739. The smallest absolute Gasteiger partial charge is 0.0119 e. The van der Waals surface area contributed by atoms with E-state index in [0.717, 1.165) is 17.9 Å². The van der Waals surface area contributed by atoms with Gasteiger partial charge in [0.2, 0.25) is 0 Å². The summed E-state index contributed by atoms with van der Waals surface area (Å²) in [6.07, 6.45) is 4.24. The van der Waals surface area contributed by atoms with Crippen LogP contribution >= 0.6 is 0 Å². The molecule has 0 aliphatic carbocycles. The first-order chi connectivity index (χ1) is 6.77. The highest BCUT2D eigenvalue weighted by Gasteiger charge is 2.29. The Labute approximate surface area is 88.1 Å². The van der Waals surface area contributed by atoms with E-state index >= 15 is 0 Å². The normalized spacial score (nSPS) is 34.5. The second-order valence-electron chi connectivity index (χ2n) is 5.31. The van der Waals surface area contributed by atoms with E-state index in [2.05, 4.69) is 24.1 Å². The Morgan fingerprint density at radius 1 is 1.36 bits per heavy atom. The van der Waals surface area contributed by atoms with Gasteiger partial charge in [0.15, 0.2) is 0 Å². The molecule has 82 valence electrons. The minimum atomic E-state index is 0.840. The summed E-state index contributed by atoms with van der Waals surface area (Å²) in [5, 5.41) is 3.46. The Kier molecular flexibility index (Phi) is 3.45. The first kappa shape index (κ1) is 10.4. The first-order valence-corrected chi connectivity index (χ1v) is 6.22. The van der Waals surface area contributed by atoms with Crippen LogP contribution in [0.2, 0.25) is 0 Å². The van der Waals surface area contributed by atoms with Crippen molar-refractivity contribution in [3.05, 3.63) is 0 Å². The highest BCUT2D eigenvalue weighted by atomic mass is 15.2. The molecule has 0 amide bonds. The lowest BCUT2D eigenvalue weighted by Gasteiger charge is -2.29. The Morgan fingerprint density at radius 3 is 2.86 bits per heavy atom. The molecule has 2 rings (SSSR count). The average molecular weight is 196 g/mol. The molecular weight excluding hydrogens is 172 g/mol. The molecular formula is C12H24N2. The van der Waals surface area contributed by atoms with E-state index in [9.17, 15) is 0 Å². The predicted octanol–water partition coefficient (Wildman–Crippen LogP) is 1.72. The molecule has 1 unspecified atom stereocenters. The zero-order valence-electron chi connectivity index (χ0n) is 9.63. The summed E-state index contributed by atoms with van der Waals surface area (Å²) < 4.78 is 0. The van der Waals surface area contributed by atoms with E-state index in [1.807, 2.05) is 0 Å². The molecule has 2 aliphatic heterocycles. The van der Waals surface area contributed by atoms with Gasteiger partial charge in [-0.1, -0.05) is 13.8 Å². The lowest BCUT2D eigenvalue weighted by molar-refractivity contribution is 0.181. The van der Waals surface area contributed by atoms with Crippen LogP contribution in [0.5, 0.6) is 0 Å². The zero-order valence-corrected chi connectivity index (χ0v) is 9.63. The maximum Gasteiger partial charge on any atom is 0.0119 e. The molecule has 2 aliphatic rings. The molecule has 0 aromatic carbocycles. The molecule has 2 heteroatoms. The van der Waals surface area contributed by atoms with E-state index in [1.54, 1.807) is 0 Å². The van der Waals surface area contributed by atoms with Gasteiger partial charge in [-0.15, -0.1) is 0 Å². The Morgan fingerprint density at radius 2 is 2.21 bits per heavy atom. The number of rotatable bonds is 3. The fourth-order valence-electron chi connectivity index (χ4n) is 3.04. The Hall–Kier alpha value is -0.0800. The summed E-state index contributed by atoms with van der Waals surface area (Å²) in [5.74, 6) is 1.77. The van der Waals surface area contributed by atoms with Gasteiger partial charge in [-0.05, 0) is 50.7 Å². The Balaban J connectivity index is 1.83. The van der Waals surface area contributed by atoms with Gasteiger partial charge < -0.3 is 5.32 Å². The average Bonchev–Trinajstić information content (AvgIpc) is 2.75. The predicted molar refractivity (Wildman–Crippen MR) is 60.4 cm³/mol. The van der Waals surface area contributed by atoms with Gasteiger partial charge in [0, 0.05) is 12.6 Å². The first-order valence-electron chi connectivity index (χ1n) is 6.22. The molecule has 0 spiro atoms. The fourth-order valence-corrected chi connectivity index (χ4v) is 3.04. The molecule has 0 radical (unpaired) electrons. The summed E-state index contributed by atoms with van der Waals surface area (Å²) in [6, 6.07) is 0.871. The summed E-state index contributed by atoms with van der Waals surface area (Å²) >= 11 is 0. The van der Waals surface area contributed by atoms with Crippen molar-refractivity contribution < 1.29 is 0 Å². The van der Waals surface area contributed by atoms with Crippen LogP contribution in [0.15, 0.2) is 0 Å². The van der Waals surface area contributed by atoms with E-state index in [-0.39, 0.29) is 0 Å². The molecule has 0 bridgehead atoms. The number of nitrogens with one attached hydrogen (secondary N) is 1. The van der Waals surface area contributed by atoms with Crippen LogP contribution in [-0.4, -0.2) is 37.1 Å². The SMILES string of the molecule is CC(C)C1CCCN1C[C@H]1CCNC1. The van der Waals surface area contributed by atoms with Crippen molar-refractivity contribution in [3.8, 4) is 0 Å². The van der Waals surface area contributed by atoms with Gasteiger partial charge in [0.25, 0.3) is 0 Å². The van der Waals surface area contributed by atoms with Gasteiger partial charge in [0.05, 0.1) is 0 Å². The standard InChI is InChI=1S/C12H24N2/c1-10(2)12-4-3-7-14(12)9-11-5-6-13-8-11/h10-13H,3-9H2,1-2H3/t11-,12?/m0/s1. The maximum atomic E-state index is 3.46. The highest BCUT2D eigenvalue weighted by Crippen LogP contribution is 2.25. The maximum absolute atomic E-state index is 3.46. The monoisotopic (exact) mass is 196 g/mol. The summed E-state index contributed by atoms with van der Waals surface area (Å²) in [4.78, 5) is 2.74. The second-order valence-corrected chi connectivity index (χ2v) is 5.31. The van der Waals surface area contributed by atoms with Crippen molar-refractivity contribution in [2.45, 2.75) is 39.2 Å². The molecule has 0 aromatic heterocycles. The third-order valence-electron chi connectivity index (χ3n) is 3.84. The number of nitrogens with zero attached hydrogens (tertiary/aromatic N) is 1. The van der Waals surface area contributed by atoms with Crippen LogP contribution < -0.4 is 5.32 Å². The van der Waals surface area contributed by atoms with E-state index in [0.29, 0.717) is 0 Å². The van der Waals surface area contributed by atoms with Crippen LogP contribution in [0, 0.1) is 11.8 Å². The molecule has 2 heterocycles. The van der Waals surface area contributed by atoms with Crippen LogP contribution in [0.1, 0.15) is 33.1 Å². The lowest BCUT2D eigenvalue weighted by Crippen LogP contribution is -2.37. The summed E-state index contributed by atoms with van der Waals surface area (Å²) in [7, 11) is 0. The fraction of sp³-hybridized carbons (Fsp3) is 1.00. The van der Waals surface area contributed by atoms with Crippen molar-refractivity contribution in [3.63, 3.8) is 0 Å². The third kappa shape index (κ3) is 2.29. The third-order valence-corrected chi connectivity index (χ3v) is 3.84.